The maximum Gasteiger partial charge on any atom is 0.338 e. The van der Waals surface area contributed by atoms with Gasteiger partial charge in [0, 0.05) is 6.61 Å². The van der Waals surface area contributed by atoms with E-state index < -0.39 is 23.9 Å². The van der Waals surface area contributed by atoms with Crippen LogP contribution in [0.1, 0.15) is 86.9 Å². The van der Waals surface area contributed by atoms with Crippen molar-refractivity contribution in [2.75, 3.05) is 33.0 Å². The number of aliphatic hydroxyl groups excluding tert-OH is 1. The van der Waals surface area contributed by atoms with E-state index in [4.69, 9.17) is 24.1 Å². The molecule has 0 atom stereocenters. The lowest BCUT2D eigenvalue weighted by atomic mass is 10.1. The second-order valence-electron chi connectivity index (χ2n) is 8.19. The van der Waals surface area contributed by atoms with Crippen molar-refractivity contribution < 1.29 is 43.2 Å². The Labute approximate surface area is 216 Å². The lowest BCUT2D eigenvalue weighted by Crippen LogP contribution is -2.11. The molecule has 9 nitrogen and oxygen atoms in total. The highest BCUT2D eigenvalue weighted by atomic mass is 16.5. The number of rotatable bonds is 16. The predicted molar refractivity (Wildman–Crippen MR) is 134 cm³/mol. The van der Waals surface area contributed by atoms with Crippen molar-refractivity contribution in [1.29, 1.82) is 0 Å². The minimum atomic E-state index is -0.520. The number of ether oxygens (including phenoxy) is 4. The minimum absolute atomic E-state index is 0.0494. The molecule has 200 valence electrons. The number of esters is 4. The summed E-state index contributed by atoms with van der Waals surface area (Å²) in [5, 5.41) is 8.73. The molecule has 0 aliphatic heterocycles. The Morgan fingerprint density at radius 2 is 0.784 bits per heavy atom. The normalized spacial score (nSPS) is 10.4. The highest BCUT2D eigenvalue weighted by molar-refractivity contribution is 5.94. The lowest BCUT2D eigenvalue weighted by Gasteiger charge is -2.08. The highest BCUT2D eigenvalue weighted by Gasteiger charge is 2.12. The predicted octanol–water partition coefficient (Wildman–Crippen LogP) is 4.37. The maximum atomic E-state index is 12.2. The number of unbranched alkanes of at least 4 members (excludes halogenated alkanes) is 3. The Balaban J connectivity index is 1.63. The summed E-state index contributed by atoms with van der Waals surface area (Å²) >= 11 is 0. The first-order chi connectivity index (χ1) is 18.0. The molecule has 0 radical (unpaired) electrons. The standard InChI is InChI=1S/C28H34O9/c1-2-3-17-34-25(30)21-8-10-23(11-9-21)27(32)36-19-6-7-20-37-28(33)24-14-12-22(13-15-24)26(31)35-18-5-4-16-29/h8-15,29H,2-7,16-20H2,1H3. The number of benzene rings is 2. The molecule has 2 aromatic carbocycles. The van der Waals surface area contributed by atoms with Crippen molar-refractivity contribution in [1.82, 2.24) is 0 Å². The number of aliphatic hydroxyl groups is 1. The van der Waals surface area contributed by atoms with Crippen LogP contribution < -0.4 is 0 Å². The Hall–Kier alpha value is -3.72. The number of hydrogen-bond acceptors (Lipinski definition) is 9. The Morgan fingerprint density at radius 3 is 1.05 bits per heavy atom. The van der Waals surface area contributed by atoms with Crippen LogP contribution in [0.15, 0.2) is 48.5 Å². The van der Waals surface area contributed by atoms with E-state index in [1.165, 1.54) is 48.5 Å². The quantitative estimate of drug-likeness (QED) is 0.197. The Kier molecular flexibility index (Phi) is 13.4. The van der Waals surface area contributed by atoms with Crippen LogP contribution in [0, 0.1) is 0 Å². The van der Waals surface area contributed by atoms with Crippen LogP contribution in [0.2, 0.25) is 0 Å². The fraction of sp³-hybridized carbons (Fsp3) is 0.429. The molecule has 0 saturated carbocycles. The first kappa shape index (κ1) is 29.5. The van der Waals surface area contributed by atoms with Crippen LogP contribution in [0.4, 0.5) is 0 Å². The van der Waals surface area contributed by atoms with Gasteiger partial charge in [-0.15, -0.1) is 0 Å². The van der Waals surface area contributed by atoms with E-state index in [1.807, 2.05) is 6.92 Å². The van der Waals surface area contributed by atoms with Crippen molar-refractivity contribution in [3.05, 3.63) is 70.8 Å². The molecule has 0 spiro atoms. The molecule has 2 rings (SSSR count). The Morgan fingerprint density at radius 1 is 0.514 bits per heavy atom. The van der Waals surface area contributed by atoms with Crippen molar-refractivity contribution >= 4 is 23.9 Å². The molecule has 1 N–H and O–H groups in total. The molecule has 0 heterocycles. The molecule has 0 bridgehead atoms. The highest BCUT2D eigenvalue weighted by Crippen LogP contribution is 2.10. The summed E-state index contributed by atoms with van der Waals surface area (Å²) in [6, 6.07) is 12.1. The zero-order chi connectivity index (χ0) is 26.9. The van der Waals surface area contributed by atoms with Gasteiger partial charge in [0.05, 0.1) is 48.7 Å². The summed E-state index contributed by atoms with van der Waals surface area (Å²) in [5.41, 5.74) is 1.33. The summed E-state index contributed by atoms with van der Waals surface area (Å²) in [7, 11) is 0. The first-order valence-electron chi connectivity index (χ1n) is 12.5. The van der Waals surface area contributed by atoms with Crippen molar-refractivity contribution in [2.24, 2.45) is 0 Å². The molecule has 0 aromatic heterocycles. The van der Waals surface area contributed by atoms with Gasteiger partial charge in [-0.3, -0.25) is 0 Å². The monoisotopic (exact) mass is 514 g/mol. The average molecular weight is 515 g/mol. The third kappa shape index (κ3) is 10.8. The summed E-state index contributed by atoms with van der Waals surface area (Å²) in [5.74, 6) is -1.94. The van der Waals surface area contributed by atoms with Gasteiger partial charge < -0.3 is 24.1 Å². The van der Waals surface area contributed by atoms with Crippen LogP contribution >= 0.6 is 0 Å². The first-order valence-corrected chi connectivity index (χ1v) is 12.5. The van der Waals surface area contributed by atoms with Crippen molar-refractivity contribution in [3.8, 4) is 0 Å². The summed E-state index contributed by atoms with van der Waals surface area (Å²) in [4.78, 5) is 48.2. The topological polar surface area (TPSA) is 125 Å². The Bertz CT molecular complexity index is 997. The second-order valence-corrected chi connectivity index (χ2v) is 8.19. The fourth-order valence-corrected chi connectivity index (χ4v) is 3.04. The molecule has 0 fully saturated rings. The number of hydrogen-bond donors (Lipinski definition) is 1. The summed E-state index contributed by atoms with van der Waals surface area (Å²) in [6.45, 7) is 2.96. The summed E-state index contributed by atoms with van der Waals surface area (Å²) in [6.07, 6.45) is 3.88. The SMILES string of the molecule is CCCCOC(=O)c1ccc(C(=O)OCCCCOC(=O)c2ccc(C(=O)OCCCCO)cc2)cc1. The van der Waals surface area contributed by atoms with E-state index in [1.54, 1.807) is 0 Å². The zero-order valence-corrected chi connectivity index (χ0v) is 21.1. The van der Waals surface area contributed by atoms with Gasteiger partial charge in [0.25, 0.3) is 0 Å². The summed E-state index contributed by atoms with van der Waals surface area (Å²) < 4.78 is 20.7. The lowest BCUT2D eigenvalue weighted by molar-refractivity contribution is 0.0432. The van der Waals surface area contributed by atoms with E-state index in [0.717, 1.165) is 12.8 Å². The van der Waals surface area contributed by atoms with E-state index in [9.17, 15) is 19.2 Å². The zero-order valence-electron chi connectivity index (χ0n) is 21.1. The van der Waals surface area contributed by atoms with E-state index >= 15 is 0 Å². The third-order valence-corrected chi connectivity index (χ3v) is 5.23. The van der Waals surface area contributed by atoms with Gasteiger partial charge in [0.1, 0.15) is 0 Å². The number of carbonyl (C=O) groups is 4. The number of carbonyl (C=O) groups excluding carboxylic acids is 4. The van der Waals surface area contributed by atoms with Crippen LogP contribution in [0.3, 0.4) is 0 Å². The van der Waals surface area contributed by atoms with Crippen LogP contribution in [-0.2, 0) is 18.9 Å². The van der Waals surface area contributed by atoms with Gasteiger partial charge in [-0.2, -0.15) is 0 Å². The minimum Gasteiger partial charge on any atom is -0.462 e. The molecule has 0 unspecified atom stereocenters. The van der Waals surface area contributed by atoms with Crippen LogP contribution in [0.5, 0.6) is 0 Å². The molecule has 2 aromatic rings. The van der Waals surface area contributed by atoms with E-state index in [0.29, 0.717) is 54.5 Å². The van der Waals surface area contributed by atoms with Gasteiger partial charge in [0.15, 0.2) is 0 Å². The molecule has 9 heteroatoms. The largest absolute Gasteiger partial charge is 0.462 e. The average Bonchev–Trinajstić information content (AvgIpc) is 2.92. The molecule has 0 aliphatic carbocycles. The van der Waals surface area contributed by atoms with Gasteiger partial charge in [-0.1, -0.05) is 13.3 Å². The van der Waals surface area contributed by atoms with Gasteiger partial charge in [-0.05, 0) is 80.6 Å². The van der Waals surface area contributed by atoms with Crippen LogP contribution in [-0.4, -0.2) is 62.0 Å². The molecular formula is C28H34O9. The fourth-order valence-electron chi connectivity index (χ4n) is 3.04. The second kappa shape index (κ2) is 16.9. The van der Waals surface area contributed by atoms with Gasteiger partial charge in [-0.25, -0.2) is 19.2 Å². The smallest absolute Gasteiger partial charge is 0.338 e. The van der Waals surface area contributed by atoms with Crippen molar-refractivity contribution in [3.63, 3.8) is 0 Å². The molecular weight excluding hydrogens is 480 g/mol. The van der Waals surface area contributed by atoms with Gasteiger partial charge >= 0.3 is 23.9 Å². The maximum absolute atomic E-state index is 12.2. The van der Waals surface area contributed by atoms with E-state index in [2.05, 4.69) is 0 Å². The molecule has 0 amide bonds. The van der Waals surface area contributed by atoms with Crippen LogP contribution in [0.25, 0.3) is 0 Å². The third-order valence-electron chi connectivity index (χ3n) is 5.23. The molecule has 37 heavy (non-hydrogen) atoms. The molecule has 0 aliphatic rings. The van der Waals surface area contributed by atoms with Crippen molar-refractivity contribution in [2.45, 2.75) is 45.4 Å². The molecule has 0 saturated heterocycles. The van der Waals surface area contributed by atoms with Gasteiger partial charge in [0.2, 0.25) is 0 Å². The van der Waals surface area contributed by atoms with E-state index in [-0.39, 0.29) is 26.4 Å².